The number of ether oxygens (including phenoxy) is 1. The molecule has 1 fully saturated rings. The van der Waals surface area contributed by atoms with Gasteiger partial charge in [0, 0.05) is 11.8 Å². The molecule has 2 aromatic heterocycles. The van der Waals surface area contributed by atoms with E-state index in [0.29, 0.717) is 34.9 Å². The SMILES string of the molecule is CCOC(=O)c1c(-c2ccc(C3CCCCC3)cc2)c(C=O)n2ccccc12. The lowest BCUT2D eigenvalue weighted by molar-refractivity contribution is 0.0529. The molecule has 0 N–H and O–H groups in total. The monoisotopic (exact) mass is 375 g/mol. The minimum atomic E-state index is -0.398. The molecule has 0 radical (unpaired) electrons. The second-order valence-corrected chi connectivity index (χ2v) is 7.39. The van der Waals surface area contributed by atoms with Crippen LogP contribution in [0.25, 0.3) is 16.6 Å². The minimum absolute atomic E-state index is 0.291. The van der Waals surface area contributed by atoms with E-state index in [4.69, 9.17) is 4.74 Å². The number of hydrogen-bond acceptors (Lipinski definition) is 3. The van der Waals surface area contributed by atoms with Crippen molar-refractivity contribution >= 4 is 17.8 Å². The summed E-state index contributed by atoms with van der Waals surface area (Å²) in [5.41, 5.74) is 4.48. The third-order valence-electron chi connectivity index (χ3n) is 5.75. The van der Waals surface area contributed by atoms with E-state index in [1.165, 1.54) is 37.7 Å². The second kappa shape index (κ2) is 8.01. The van der Waals surface area contributed by atoms with Gasteiger partial charge in [-0.25, -0.2) is 4.79 Å². The van der Waals surface area contributed by atoms with Crippen molar-refractivity contribution in [3.8, 4) is 11.1 Å². The quantitative estimate of drug-likeness (QED) is 0.428. The first-order chi connectivity index (χ1) is 13.7. The smallest absolute Gasteiger partial charge is 0.340 e. The molecule has 28 heavy (non-hydrogen) atoms. The van der Waals surface area contributed by atoms with Crippen molar-refractivity contribution in [3.63, 3.8) is 0 Å². The Morgan fingerprint density at radius 1 is 1.11 bits per heavy atom. The number of fused-ring (bicyclic) bond motifs is 1. The highest BCUT2D eigenvalue weighted by Crippen LogP contribution is 2.36. The second-order valence-electron chi connectivity index (χ2n) is 7.39. The van der Waals surface area contributed by atoms with Gasteiger partial charge in [0.05, 0.1) is 23.4 Å². The van der Waals surface area contributed by atoms with Gasteiger partial charge >= 0.3 is 5.97 Å². The average Bonchev–Trinajstić information content (AvgIpc) is 3.09. The molecule has 2 heterocycles. The summed E-state index contributed by atoms with van der Waals surface area (Å²) in [6.07, 6.45) is 9.02. The molecule has 1 aliphatic carbocycles. The lowest BCUT2D eigenvalue weighted by atomic mass is 9.83. The zero-order valence-electron chi connectivity index (χ0n) is 16.2. The molecule has 1 aliphatic rings. The Balaban J connectivity index is 1.84. The Morgan fingerprint density at radius 3 is 2.54 bits per heavy atom. The molecular weight excluding hydrogens is 350 g/mol. The number of aldehydes is 1. The van der Waals surface area contributed by atoms with Crippen LogP contribution in [0.15, 0.2) is 48.7 Å². The zero-order chi connectivity index (χ0) is 19.5. The van der Waals surface area contributed by atoms with Gasteiger partial charge in [0.15, 0.2) is 6.29 Å². The summed E-state index contributed by atoms with van der Waals surface area (Å²) in [6, 6.07) is 13.9. The molecule has 0 aliphatic heterocycles. The highest BCUT2D eigenvalue weighted by Gasteiger charge is 2.25. The van der Waals surface area contributed by atoms with Crippen LogP contribution in [0.3, 0.4) is 0 Å². The molecule has 0 bridgehead atoms. The average molecular weight is 375 g/mol. The number of hydrogen-bond donors (Lipinski definition) is 0. The third kappa shape index (κ3) is 3.24. The van der Waals surface area contributed by atoms with Gasteiger partial charge in [0.2, 0.25) is 0 Å². The van der Waals surface area contributed by atoms with Crippen molar-refractivity contribution in [1.82, 2.24) is 4.40 Å². The maximum atomic E-state index is 12.7. The molecule has 1 aromatic carbocycles. The maximum Gasteiger partial charge on any atom is 0.340 e. The van der Waals surface area contributed by atoms with Gasteiger partial charge in [-0.2, -0.15) is 0 Å². The van der Waals surface area contributed by atoms with Crippen LogP contribution < -0.4 is 0 Å². The molecule has 4 heteroatoms. The van der Waals surface area contributed by atoms with E-state index < -0.39 is 5.97 Å². The summed E-state index contributed by atoms with van der Waals surface area (Å²) < 4.78 is 7.07. The fraction of sp³-hybridized carbons (Fsp3) is 0.333. The van der Waals surface area contributed by atoms with Crippen LogP contribution in [0.1, 0.15) is 71.4 Å². The highest BCUT2D eigenvalue weighted by atomic mass is 16.5. The van der Waals surface area contributed by atoms with E-state index >= 15 is 0 Å². The van der Waals surface area contributed by atoms with Crippen molar-refractivity contribution in [1.29, 1.82) is 0 Å². The summed E-state index contributed by atoms with van der Waals surface area (Å²) in [5.74, 6) is 0.219. The molecule has 3 aromatic rings. The number of carbonyl (C=O) groups excluding carboxylic acids is 2. The molecule has 4 nitrogen and oxygen atoms in total. The lowest BCUT2D eigenvalue weighted by Gasteiger charge is -2.22. The topological polar surface area (TPSA) is 47.8 Å². The number of pyridine rings is 1. The van der Waals surface area contributed by atoms with E-state index in [-0.39, 0.29) is 0 Å². The van der Waals surface area contributed by atoms with E-state index in [0.717, 1.165) is 11.8 Å². The van der Waals surface area contributed by atoms with Crippen LogP contribution >= 0.6 is 0 Å². The Hall–Kier alpha value is -2.88. The zero-order valence-corrected chi connectivity index (χ0v) is 16.2. The molecule has 0 saturated heterocycles. The molecule has 0 atom stereocenters. The van der Waals surface area contributed by atoms with E-state index in [9.17, 15) is 9.59 Å². The van der Waals surface area contributed by atoms with Crippen LogP contribution in [0.5, 0.6) is 0 Å². The largest absolute Gasteiger partial charge is 0.462 e. The number of nitrogens with zero attached hydrogens (tertiary/aromatic N) is 1. The first-order valence-electron chi connectivity index (χ1n) is 10.1. The lowest BCUT2D eigenvalue weighted by Crippen LogP contribution is -2.06. The molecule has 144 valence electrons. The fourth-order valence-corrected chi connectivity index (χ4v) is 4.41. The van der Waals surface area contributed by atoms with E-state index in [1.54, 1.807) is 11.3 Å². The van der Waals surface area contributed by atoms with E-state index in [1.807, 2.05) is 36.5 Å². The highest BCUT2D eigenvalue weighted by molar-refractivity contribution is 6.09. The summed E-state index contributed by atoms with van der Waals surface area (Å²) in [7, 11) is 0. The third-order valence-corrected chi connectivity index (χ3v) is 5.75. The van der Waals surface area contributed by atoms with Crippen molar-refractivity contribution in [3.05, 3.63) is 65.5 Å². The number of carbonyl (C=O) groups is 2. The predicted molar refractivity (Wildman–Crippen MR) is 110 cm³/mol. The number of aromatic nitrogens is 1. The van der Waals surface area contributed by atoms with Crippen molar-refractivity contribution < 1.29 is 14.3 Å². The van der Waals surface area contributed by atoms with Crippen LogP contribution in [-0.2, 0) is 4.74 Å². The standard InChI is InChI=1S/C24H25NO3/c1-2-28-24(27)23-20-10-6-7-15-25(20)21(16-26)22(23)19-13-11-18(12-14-19)17-8-4-3-5-9-17/h6-7,10-17H,2-5,8-9H2,1H3. The fourth-order valence-electron chi connectivity index (χ4n) is 4.41. The van der Waals surface area contributed by atoms with Gasteiger partial charge in [-0.15, -0.1) is 0 Å². The van der Waals surface area contributed by atoms with Crippen molar-refractivity contribution in [2.75, 3.05) is 6.61 Å². The summed E-state index contributed by atoms with van der Waals surface area (Å²) in [6.45, 7) is 2.08. The molecule has 4 rings (SSSR count). The number of esters is 1. The Morgan fingerprint density at radius 2 is 1.86 bits per heavy atom. The van der Waals surface area contributed by atoms with Gasteiger partial charge < -0.3 is 9.14 Å². The van der Waals surface area contributed by atoms with Crippen LogP contribution in [0, 0.1) is 0 Å². The van der Waals surface area contributed by atoms with E-state index in [2.05, 4.69) is 12.1 Å². The van der Waals surface area contributed by atoms with Gasteiger partial charge in [-0.05, 0) is 48.9 Å². The maximum absolute atomic E-state index is 12.7. The normalized spacial score (nSPS) is 14.9. The Labute approximate surface area is 165 Å². The van der Waals surface area contributed by atoms with Gasteiger partial charge in [-0.1, -0.05) is 49.6 Å². The van der Waals surface area contributed by atoms with Crippen LogP contribution in [0.2, 0.25) is 0 Å². The van der Waals surface area contributed by atoms with Crippen molar-refractivity contribution in [2.45, 2.75) is 44.9 Å². The molecule has 0 amide bonds. The Bertz CT molecular complexity index is 995. The molecule has 0 unspecified atom stereocenters. The first kappa shape index (κ1) is 18.5. The minimum Gasteiger partial charge on any atom is -0.462 e. The van der Waals surface area contributed by atoms with Gasteiger partial charge in [0.25, 0.3) is 0 Å². The summed E-state index contributed by atoms with van der Waals surface area (Å²) in [5, 5.41) is 0. The Kier molecular flexibility index (Phi) is 5.29. The first-order valence-corrected chi connectivity index (χ1v) is 10.1. The summed E-state index contributed by atoms with van der Waals surface area (Å²) >= 11 is 0. The summed E-state index contributed by atoms with van der Waals surface area (Å²) in [4.78, 5) is 24.7. The molecule has 1 saturated carbocycles. The van der Waals surface area contributed by atoms with Gasteiger partial charge in [0.1, 0.15) is 0 Å². The van der Waals surface area contributed by atoms with Gasteiger partial charge in [-0.3, -0.25) is 4.79 Å². The van der Waals surface area contributed by atoms with Crippen LogP contribution in [0.4, 0.5) is 0 Å². The number of rotatable bonds is 5. The molecule has 0 spiro atoms. The molecular formula is C24H25NO3. The van der Waals surface area contributed by atoms with Crippen molar-refractivity contribution in [2.24, 2.45) is 0 Å². The predicted octanol–water partition coefficient (Wildman–Crippen LogP) is 5.64. The number of benzene rings is 1. The van der Waals surface area contributed by atoms with Crippen LogP contribution in [-0.4, -0.2) is 23.3 Å².